The van der Waals surface area contributed by atoms with Gasteiger partial charge < -0.3 is 15.3 Å². The number of likely N-dealkylation sites (tertiary alicyclic amines) is 2. The van der Waals surface area contributed by atoms with Crippen LogP contribution in [0.3, 0.4) is 0 Å². The first-order valence-corrected chi connectivity index (χ1v) is 10.1. The number of hydrogen-bond acceptors (Lipinski definition) is 4. The number of aliphatic hydroxyl groups is 1. The third-order valence-corrected chi connectivity index (χ3v) is 5.82. The zero-order valence-corrected chi connectivity index (χ0v) is 15.7. The molecular formula is C21H35N3O. The van der Waals surface area contributed by atoms with Crippen LogP contribution < -0.4 is 5.32 Å². The number of β-amino-alcohol motifs (C(OH)–C–C–N with tert-alkyl or cyclic N) is 1. The van der Waals surface area contributed by atoms with Gasteiger partial charge in [0.25, 0.3) is 0 Å². The van der Waals surface area contributed by atoms with Crippen molar-refractivity contribution in [1.82, 2.24) is 15.1 Å². The lowest BCUT2D eigenvalue weighted by molar-refractivity contribution is 0.0853. The average molecular weight is 346 g/mol. The van der Waals surface area contributed by atoms with E-state index in [4.69, 9.17) is 0 Å². The summed E-state index contributed by atoms with van der Waals surface area (Å²) in [7, 11) is 0. The zero-order valence-electron chi connectivity index (χ0n) is 15.7. The molecule has 3 rings (SSSR count). The van der Waals surface area contributed by atoms with Crippen LogP contribution in [0.1, 0.15) is 38.2 Å². The van der Waals surface area contributed by atoms with E-state index in [2.05, 4.69) is 52.4 Å². The highest BCUT2D eigenvalue weighted by Gasteiger charge is 2.21. The van der Waals surface area contributed by atoms with Crippen LogP contribution in [-0.4, -0.2) is 66.3 Å². The zero-order chi connectivity index (χ0) is 17.5. The Kier molecular flexibility index (Phi) is 7.29. The first-order valence-electron chi connectivity index (χ1n) is 10.1. The van der Waals surface area contributed by atoms with Gasteiger partial charge in [-0.25, -0.2) is 0 Å². The van der Waals surface area contributed by atoms with Gasteiger partial charge in [-0.3, -0.25) is 4.90 Å². The third-order valence-electron chi connectivity index (χ3n) is 5.82. The lowest BCUT2D eigenvalue weighted by Gasteiger charge is -2.34. The molecule has 2 saturated heterocycles. The molecule has 1 aromatic carbocycles. The van der Waals surface area contributed by atoms with Gasteiger partial charge in [0.05, 0.1) is 6.10 Å². The number of nitrogens with zero attached hydrogens (tertiary/aromatic N) is 2. The van der Waals surface area contributed by atoms with Gasteiger partial charge in [0.1, 0.15) is 0 Å². The van der Waals surface area contributed by atoms with Crippen molar-refractivity contribution in [3.63, 3.8) is 0 Å². The molecule has 2 aliphatic rings. The Balaban J connectivity index is 1.30. The molecule has 0 spiro atoms. The predicted molar refractivity (Wildman–Crippen MR) is 104 cm³/mol. The van der Waals surface area contributed by atoms with Crippen molar-refractivity contribution in [3.05, 3.63) is 35.9 Å². The number of benzene rings is 1. The molecule has 0 aromatic heterocycles. The van der Waals surface area contributed by atoms with Crippen molar-refractivity contribution in [2.45, 2.75) is 51.3 Å². The summed E-state index contributed by atoms with van der Waals surface area (Å²) >= 11 is 0. The molecule has 2 aliphatic heterocycles. The Morgan fingerprint density at radius 3 is 2.32 bits per heavy atom. The number of rotatable bonds is 7. The maximum Gasteiger partial charge on any atom is 0.0791 e. The maximum absolute atomic E-state index is 10.3. The second kappa shape index (κ2) is 9.67. The third kappa shape index (κ3) is 6.37. The van der Waals surface area contributed by atoms with Crippen LogP contribution in [0.25, 0.3) is 0 Å². The molecule has 140 valence electrons. The van der Waals surface area contributed by atoms with E-state index in [1.54, 1.807) is 0 Å². The van der Waals surface area contributed by atoms with Crippen LogP contribution in [0.2, 0.25) is 0 Å². The summed E-state index contributed by atoms with van der Waals surface area (Å²) < 4.78 is 0. The van der Waals surface area contributed by atoms with E-state index in [0.717, 1.165) is 51.7 Å². The Morgan fingerprint density at radius 2 is 1.64 bits per heavy atom. The fourth-order valence-corrected chi connectivity index (χ4v) is 4.05. The molecule has 0 bridgehead atoms. The molecule has 0 radical (unpaired) electrons. The Bertz CT molecular complexity index is 479. The van der Waals surface area contributed by atoms with Crippen molar-refractivity contribution in [2.24, 2.45) is 5.92 Å². The minimum Gasteiger partial charge on any atom is -0.390 e. The van der Waals surface area contributed by atoms with Gasteiger partial charge in [-0.1, -0.05) is 37.3 Å². The van der Waals surface area contributed by atoms with Crippen molar-refractivity contribution in [1.29, 1.82) is 0 Å². The highest BCUT2D eigenvalue weighted by Crippen LogP contribution is 2.16. The molecule has 2 fully saturated rings. The summed E-state index contributed by atoms with van der Waals surface area (Å²) in [4.78, 5) is 4.97. The van der Waals surface area contributed by atoms with Crippen LogP contribution in [0, 0.1) is 5.92 Å². The molecule has 0 aliphatic carbocycles. The lowest BCUT2D eigenvalue weighted by Crippen LogP contribution is -2.47. The van der Waals surface area contributed by atoms with Crippen molar-refractivity contribution in [3.8, 4) is 0 Å². The van der Waals surface area contributed by atoms with E-state index in [1.165, 1.54) is 31.2 Å². The van der Waals surface area contributed by atoms with Crippen molar-refractivity contribution >= 4 is 0 Å². The highest BCUT2D eigenvalue weighted by molar-refractivity contribution is 5.14. The van der Waals surface area contributed by atoms with Crippen LogP contribution in [-0.2, 0) is 6.54 Å². The molecule has 0 saturated carbocycles. The van der Waals surface area contributed by atoms with Gasteiger partial charge in [-0.05, 0) is 63.3 Å². The second-order valence-electron chi connectivity index (χ2n) is 8.08. The van der Waals surface area contributed by atoms with Gasteiger partial charge in [-0.2, -0.15) is 0 Å². The first-order chi connectivity index (χ1) is 12.2. The molecule has 0 amide bonds. The average Bonchev–Trinajstić information content (AvgIpc) is 2.64. The van der Waals surface area contributed by atoms with Crippen molar-refractivity contribution < 1.29 is 5.11 Å². The standard InChI is InChI=1S/C21H35N3O/c1-18-7-11-24(12-8-18)17-21(25)15-22-20-9-13-23(14-10-20)16-19-5-3-2-4-6-19/h2-6,18,20-22,25H,7-17H2,1H3. The van der Waals surface area contributed by atoms with E-state index in [1.807, 2.05) is 0 Å². The van der Waals surface area contributed by atoms with Gasteiger partial charge in [-0.15, -0.1) is 0 Å². The molecule has 4 nitrogen and oxygen atoms in total. The minimum absolute atomic E-state index is 0.240. The Hall–Kier alpha value is -0.940. The molecule has 2 N–H and O–H groups in total. The summed E-state index contributed by atoms with van der Waals surface area (Å²) in [6.45, 7) is 9.54. The van der Waals surface area contributed by atoms with E-state index in [-0.39, 0.29) is 6.10 Å². The number of aliphatic hydroxyl groups excluding tert-OH is 1. The first kappa shape index (κ1) is 18.8. The van der Waals surface area contributed by atoms with Gasteiger partial charge in [0.15, 0.2) is 0 Å². The normalized spacial score (nSPS) is 23.0. The minimum atomic E-state index is -0.240. The Labute approximate surface area is 153 Å². The number of piperidine rings is 2. The monoisotopic (exact) mass is 345 g/mol. The van der Waals surface area contributed by atoms with E-state index < -0.39 is 0 Å². The predicted octanol–water partition coefficient (Wildman–Crippen LogP) is 2.33. The van der Waals surface area contributed by atoms with Crippen LogP contribution in [0.5, 0.6) is 0 Å². The topological polar surface area (TPSA) is 38.7 Å². The van der Waals surface area contributed by atoms with Gasteiger partial charge in [0, 0.05) is 25.7 Å². The summed E-state index contributed by atoms with van der Waals surface area (Å²) in [6, 6.07) is 11.3. The molecule has 1 atom stereocenters. The van der Waals surface area contributed by atoms with E-state index in [0.29, 0.717) is 6.04 Å². The van der Waals surface area contributed by atoms with Gasteiger partial charge >= 0.3 is 0 Å². The van der Waals surface area contributed by atoms with E-state index >= 15 is 0 Å². The molecule has 2 heterocycles. The van der Waals surface area contributed by atoms with Crippen LogP contribution in [0.4, 0.5) is 0 Å². The summed E-state index contributed by atoms with van der Waals surface area (Å²) in [6.07, 6.45) is 4.68. The summed E-state index contributed by atoms with van der Waals surface area (Å²) in [5.41, 5.74) is 1.40. The fourth-order valence-electron chi connectivity index (χ4n) is 4.05. The molecule has 25 heavy (non-hydrogen) atoms. The molecule has 4 heteroatoms. The number of nitrogens with one attached hydrogen (secondary N) is 1. The SMILES string of the molecule is CC1CCN(CC(O)CNC2CCN(Cc3ccccc3)CC2)CC1. The fraction of sp³-hybridized carbons (Fsp3) is 0.714. The molecule has 1 unspecified atom stereocenters. The maximum atomic E-state index is 10.3. The summed E-state index contributed by atoms with van der Waals surface area (Å²) in [5, 5.41) is 13.9. The Morgan fingerprint density at radius 1 is 1.00 bits per heavy atom. The molecule has 1 aromatic rings. The van der Waals surface area contributed by atoms with Gasteiger partial charge in [0.2, 0.25) is 0 Å². The highest BCUT2D eigenvalue weighted by atomic mass is 16.3. The largest absolute Gasteiger partial charge is 0.390 e. The smallest absolute Gasteiger partial charge is 0.0791 e. The van der Waals surface area contributed by atoms with Crippen LogP contribution >= 0.6 is 0 Å². The van der Waals surface area contributed by atoms with Crippen molar-refractivity contribution in [2.75, 3.05) is 39.3 Å². The van der Waals surface area contributed by atoms with Crippen LogP contribution in [0.15, 0.2) is 30.3 Å². The second-order valence-corrected chi connectivity index (χ2v) is 8.08. The lowest BCUT2D eigenvalue weighted by atomic mass is 9.99. The number of hydrogen-bond donors (Lipinski definition) is 2. The molecular weight excluding hydrogens is 310 g/mol. The van der Waals surface area contributed by atoms with E-state index in [9.17, 15) is 5.11 Å². The summed E-state index contributed by atoms with van der Waals surface area (Å²) in [5.74, 6) is 0.854. The quantitative estimate of drug-likeness (QED) is 0.796.